The molecule has 3 aromatic rings. The summed E-state index contributed by atoms with van der Waals surface area (Å²) in [5.41, 5.74) is 1.95. The highest BCUT2D eigenvalue weighted by Crippen LogP contribution is 2.33. The molecule has 0 aliphatic heterocycles. The number of hydrogen-bond acceptors (Lipinski definition) is 1. The number of carboxylic acids is 1. The van der Waals surface area contributed by atoms with Crippen molar-refractivity contribution in [2.45, 2.75) is 0 Å². The summed E-state index contributed by atoms with van der Waals surface area (Å²) in [5, 5.41) is 10.4. The van der Waals surface area contributed by atoms with Crippen LogP contribution in [0.3, 0.4) is 0 Å². The Hall–Kier alpha value is -2.07. The average Bonchev–Trinajstić information content (AvgIpc) is 2.74. The van der Waals surface area contributed by atoms with Crippen LogP contribution in [0.15, 0.2) is 59.1 Å². The molecule has 19 heavy (non-hydrogen) atoms. The fraction of sp³-hybridized carbons (Fsp3) is 0. The highest BCUT2D eigenvalue weighted by molar-refractivity contribution is 9.10. The molecule has 1 aromatic heterocycles. The van der Waals surface area contributed by atoms with Gasteiger partial charge in [-0.2, -0.15) is 0 Å². The minimum atomic E-state index is -0.952. The summed E-state index contributed by atoms with van der Waals surface area (Å²) in [6, 6.07) is 17.1. The Morgan fingerprint density at radius 3 is 2.32 bits per heavy atom. The molecule has 2 aromatic carbocycles. The van der Waals surface area contributed by atoms with Gasteiger partial charge in [-0.25, -0.2) is 4.79 Å². The number of aromatic carboxylic acids is 1. The van der Waals surface area contributed by atoms with Gasteiger partial charge in [-0.05, 0) is 34.1 Å². The van der Waals surface area contributed by atoms with E-state index >= 15 is 0 Å². The van der Waals surface area contributed by atoms with Gasteiger partial charge in [-0.1, -0.05) is 36.4 Å². The zero-order chi connectivity index (χ0) is 13.4. The van der Waals surface area contributed by atoms with Crippen LogP contribution in [0, 0.1) is 0 Å². The fourth-order valence-electron chi connectivity index (χ4n) is 2.24. The highest BCUT2D eigenvalue weighted by atomic mass is 79.9. The van der Waals surface area contributed by atoms with Crippen LogP contribution in [0.5, 0.6) is 0 Å². The van der Waals surface area contributed by atoms with E-state index in [1.165, 1.54) is 0 Å². The van der Waals surface area contributed by atoms with Crippen molar-refractivity contribution in [1.82, 2.24) is 4.57 Å². The molecule has 0 saturated carbocycles. The second kappa shape index (κ2) is 4.55. The zero-order valence-corrected chi connectivity index (χ0v) is 11.5. The lowest BCUT2D eigenvalue weighted by Gasteiger charge is -2.08. The molecule has 0 aliphatic rings. The molecule has 0 amide bonds. The average molecular weight is 316 g/mol. The van der Waals surface area contributed by atoms with Gasteiger partial charge in [0.15, 0.2) is 0 Å². The zero-order valence-electron chi connectivity index (χ0n) is 9.88. The first-order valence-electron chi connectivity index (χ1n) is 5.78. The van der Waals surface area contributed by atoms with Crippen molar-refractivity contribution < 1.29 is 9.90 Å². The lowest BCUT2D eigenvalue weighted by molar-refractivity contribution is 0.0687. The first-order valence-corrected chi connectivity index (χ1v) is 6.57. The van der Waals surface area contributed by atoms with Crippen molar-refractivity contribution in [2.75, 3.05) is 0 Å². The molecule has 0 aliphatic carbocycles. The maximum absolute atomic E-state index is 11.5. The Labute approximate surface area is 118 Å². The van der Waals surface area contributed by atoms with Crippen LogP contribution in [0.4, 0.5) is 0 Å². The van der Waals surface area contributed by atoms with Gasteiger partial charge in [0.2, 0.25) is 0 Å². The van der Waals surface area contributed by atoms with Crippen molar-refractivity contribution in [3.05, 3.63) is 64.8 Å². The van der Waals surface area contributed by atoms with Gasteiger partial charge >= 0.3 is 5.97 Å². The van der Waals surface area contributed by atoms with Gasteiger partial charge in [0.25, 0.3) is 0 Å². The van der Waals surface area contributed by atoms with Crippen LogP contribution in [0.25, 0.3) is 16.6 Å². The second-order valence-electron chi connectivity index (χ2n) is 4.16. The molecular formula is C15H10BrNO2. The molecule has 4 heteroatoms. The van der Waals surface area contributed by atoms with Crippen LogP contribution < -0.4 is 0 Å². The lowest BCUT2D eigenvalue weighted by Crippen LogP contribution is -2.06. The summed E-state index contributed by atoms with van der Waals surface area (Å²) < 4.78 is 2.36. The van der Waals surface area contributed by atoms with E-state index in [9.17, 15) is 9.90 Å². The third-order valence-corrected chi connectivity index (χ3v) is 3.83. The Balaban J connectivity index is 2.46. The Kier molecular flexibility index (Phi) is 2.87. The van der Waals surface area contributed by atoms with Gasteiger partial charge in [0, 0.05) is 11.1 Å². The quantitative estimate of drug-likeness (QED) is 0.774. The first kappa shape index (κ1) is 12.0. The molecule has 0 atom stereocenters. The van der Waals surface area contributed by atoms with Crippen molar-refractivity contribution in [1.29, 1.82) is 0 Å². The number of rotatable bonds is 2. The van der Waals surface area contributed by atoms with Gasteiger partial charge in [0.1, 0.15) is 5.69 Å². The number of halogens is 1. The monoisotopic (exact) mass is 315 g/mol. The van der Waals surface area contributed by atoms with E-state index in [1.54, 1.807) is 4.57 Å². The molecule has 3 nitrogen and oxygen atoms in total. The maximum atomic E-state index is 11.5. The molecule has 0 radical (unpaired) electrons. The number of nitrogens with zero attached hydrogens (tertiary/aromatic N) is 1. The first-order chi connectivity index (χ1) is 9.20. The van der Waals surface area contributed by atoms with Gasteiger partial charge in [0.05, 0.1) is 9.99 Å². The van der Waals surface area contributed by atoms with Crippen LogP contribution in [0.2, 0.25) is 0 Å². The van der Waals surface area contributed by atoms with Gasteiger partial charge in [-0.15, -0.1) is 0 Å². The number of aromatic nitrogens is 1. The maximum Gasteiger partial charge on any atom is 0.354 e. The largest absolute Gasteiger partial charge is 0.477 e. The SMILES string of the molecule is O=C(O)c1c(Br)c2ccccc2n1-c1ccccc1. The van der Waals surface area contributed by atoms with Gasteiger partial charge in [-0.3, -0.25) is 0 Å². The standard InChI is InChI=1S/C15H10BrNO2/c16-13-11-8-4-5-9-12(11)17(14(13)15(18)19)10-6-2-1-3-7-10/h1-9H,(H,18,19). The topological polar surface area (TPSA) is 42.2 Å². The number of para-hydroxylation sites is 2. The van der Waals surface area contributed by atoms with E-state index in [-0.39, 0.29) is 5.69 Å². The molecule has 0 unspecified atom stereocenters. The van der Waals surface area contributed by atoms with E-state index < -0.39 is 5.97 Å². The summed E-state index contributed by atoms with van der Waals surface area (Å²) in [4.78, 5) is 11.5. The second-order valence-corrected chi connectivity index (χ2v) is 4.95. The number of carbonyl (C=O) groups is 1. The molecule has 1 N–H and O–H groups in total. The summed E-state index contributed by atoms with van der Waals surface area (Å²) >= 11 is 3.40. The van der Waals surface area contributed by atoms with Crippen LogP contribution in [0.1, 0.15) is 10.5 Å². The van der Waals surface area contributed by atoms with E-state index in [1.807, 2.05) is 54.6 Å². The third kappa shape index (κ3) is 1.85. The number of hydrogen-bond donors (Lipinski definition) is 1. The Morgan fingerprint density at radius 1 is 1.00 bits per heavy atom. The molecular weight excluding hydrogens is 306 g/mol. The van der Waals surface area contributed by atoms with Crippen molar-refractivity contribution >= 4 is 32.8 Å². The fourth-order valence-corrected chi connectivity index (χ4v) is 2.92. The molecule has 0 spiro atoms. The van der Waals surface area contributed by atoms with Gasteiger partial charge < -0.3 is 9.67 Å². The van der Waals surface area contributed by atoms with Crippen molar-refractivity contribution in [2.24, 2.45) is 0 Å². The smallest absolute Gasteiger partial charge is 0.354 e. The van der Waals surface area contributed by atoms with Crippen LogP contribution in [-0.4, -0.2) is 15.6 Å². The molecule has 94 valence electrons. The number of benzene rings is 2. The summed E-state index contributed by atoms with van der Waals surface area (Å²) in [6.07, 6.45) is 0. The Bertz CT molecular complexity index is 762. The third-order valence-electron chi connectivity index (χ3n) is 3.03. The van der Waals surface area contributed by atoms with Crippen molar-refractivity contribution in [3.8, 4) is 5.69 Å². The molecule has 0 saturated heterocycles. The predicted molar refractivity (Wildman–Crippen MR) is 77.9 cm³/mol. The normalized spacial score (nSPS) is 10.8. The minimum absolute atomic E-state index is 0.243. The predicted octanol–water partition coefficient (Wildman–Crippen LogP) is 4.09. The van der Waals surface area contributed by atoms with Crippen molar-refractivity contribution in [3.63, 3.8) is 0 Å². The highest BCUT2D eigenvalue weighted by Gasteiger charge is 2.21. The summed E-state index contributed by atoms with van der Waals surface area (Å²) in [5.74, 6) is -0.952. The van der Waals surface area contributed by atoms with E-state index in [0.717, 1.165) is 16.6 Å². The number of fused-ring (bicyclic) bond motifs is 1. The Morgan fingerprint density at radius 2 is 1.63 bits per heavy atom. The summed E-state index contributed by atoms with van der Waals surface area (Å²) in [6.45, 7) is 0. The molecule has 0 fully saturated rings. The number of carboxylic acid groups (broad SMARTS) is 1. The van der Waals surface area contributed by atoms with E-state index in [2.05, 4.69) is 15.9 Å². The van der Waals surface area contributed by atoms with Crippen LogP contribution >= 0.6 is 15.9 Å². The van der Waals surface area contributed by atoms with Crippen LogP contribution in [-0.2, 0) is 0 Å². The summed E-state index contributed by atoms with van der Waals surface area (Å²) in [7, 11) is 0. The molecule has 0 bridgehead atoms. The molecule has 1 heterocycles. The van der Waals surface area contributed by atoms with E-state index in [4.69, 9.17) is 0 Å². The van der Waals surface area contributed by atoms with E-state index in [0.29, 0.717) is 4.47 Å². The lowest BCUT2D eigenvalue weighted by atomic mass is 10.2. The minimum Gasteiger partial charge on any atom is -0.477 e. The molecule has 3 rings (SSSR count).